The Morgan fingerprint density at radius 3 is 2.63 bits per heavy atom. The van der Waals surface area contributed by atoms with E-state index >= 15 is 0 Å². The zero-order chi connectivity index (χ0) is 24.9. The molecule has 3 heterocycles. The van der Waals surface area contributed by atoms with Gasteiger partial charge in [-0.05, 0) is 48.2 Å². The number of amides is 1. The average molecular weight is 510 g/mol. The van der Waals surface area contributed by atoms with Gasteiger partial charge in [-0.3, -0.25) is 14.5 Å². The van der Waals surface area contributed by atoms with Crippen molar-refractivity contribution < 1.29 is 28.6 Å². The summed E-state index contributed by atoms with van der Waals surface area (Å²) in [4.78, 5) is 29.3. The number of aryl methyl sites for hydroxylation is 1. The number of ketones is 1. The van der Waals surface area contributed by atoms with Gasteiger partial charge in [0, 0.05) is 33.1 Å². The normalized spacial score (nSPS) is 15.8. The first-order valence-electron chi connectivity index (χ1n) is 10.6. The van der Waals surface area contributed by atoms with Gasteiger partial charge in [-0.15, -0.1) is 11.3 Å². The lowest BCUT2D eigenvalue weighted by Crippen LogP contribution is -2.30. The summed E-state index contributed by atoms with van der Waals surface area (Å²) in [5.74, 6) is -1.04. The third-order valence-corrected chi connectivity index (χ3v) is 7.21. The third kappa shape index (κ3) is 3.75. The van der Waals surface area contributed by atoms with E-state index in [4.69, 9.17) is 25.5 Å². The van der Waals surface area contributed by atoms with Gasteiger partial charge in [-0.2, -0.15) is 0 Å². The van der Waals surface area contributed by atoms with Crippen LogP contribution in [-0.4, -0.2) is 31.0 Å². The number of benzene rings is 2. The van der Waals surface area contributed by atoms with E-state index in [-0.39, 0.29) is 11.3 Å². The highest BCUT2D eigenvalue weighted by Gasteiger charge is 2.46. The molecular weight excluding hydrogens is 490 g/mol. The first kappa shape index (κ1) is 23.0. The highest BCUT2D eigenvalue weighted by molar-refractivity contribution is 7.10. The van der Waals surface area contributed by atoms with Crippen molar-refractivity contribution in [2.45, 2.75) is 13.0 Å². The molecule has 1 N–H and O–H groups in total. The van der Waals surface area contributed by atoms with E-state index in [2.05, 4.69) is 0 Å². The number of aliphatic hydroxyl groups is 1. The average Bonchev–Trinajstić information content (AvgIpc) is 3.54. The lowest BCUT2D eigenvalue weighted by atomic mass is 9.98. The van der Waals surface area contributed by atoms with Crippen molar-refractivity contribution in [2.24, 2.45) is 0 Å². The fraction of sp³-hybridized carbons (Fsp3) is 0.154. The summed E-state index contributed by atoms with van der Waals surface area (Å²) >= 11 is 7.56. The van der Waals surface area contributed by atoms with E-state index in [0.717, 1.165) is 10.4 Å². The number of ether oxygens (including phenoxy) is 2. The maximum atomic E-state index is 13.8. The molecular formula is C26H20ClNO6S. The molecule has 0 bridgehead atoms. The van der Waals surface area contributed by atoms with Gasteiger partial charge in [0.05, 0.1) is 19.8 Å². The van der Waals surface area contributed by atoms with Crippen molar-refractivity contribution in [1.29, 1.82) is 0 Å². The number of halogens is 1. The Kier molecular flexibility index (Phi) is 5.78. The lowest BCUT2D eigenvalue weighted by Gasteiger charge is -2.26. The predicted molar refractivity (Wildman–Crippen MR) is 134 cm³/mol. The smallest absolute Gasteiger partial charge is 0.294 e. The highest BCUT2D eigenvalue weighted by Crippen LogP contribution is 2.45. The number of thiophene rings is 1. The van der Waals surface area contributed by atoms with Gasteiger partial charge >= 0.3 is 0 Å². The van der Waals surface area contributed by atoms with E-state index in [1.807, 2.05) is 18.4 Å². The van der Waals surface area contributed by atoms with Crippen LogP contribution < -0.4 is 14.4 Å². The zero-order valence-electron chi connectivity index (χ0n) is 19.0. The maximum absolute atomic E-state index is 13.8. The molecule has 0 saturated heterocycles. The number of furan rings is 1. The molecule has 0 fully saturated rings. The van der Waals surface area contributed by atoms with Crippen LogP contribution in [0, 0.1) is 6.92 Å². The first-order valence-corrected chi connectivity index (χ1v) is 11.9. The van der Waals surface area contributed by atoms with Gasteiger partial charge in [0.1, 0.15) is 11.8 Å². The molecule has 0 saturated carbocycles. The van der Waals surface area contributed by atoms with Crippen LogP contribution in [0.2, 0.25) is 5.02 Å². The molecule has 7 nitrogen and oxygen atoms in total. The summed E-state index contributed by atoms with van der Waals surface area (Å²) in [5, 5.41) is 13.8. The number of rotatable bonds is 6. The minimum atomic E-state index is -0.846. The first-order chi connectivity index (χ1) is 16.8. The third-order valence-electron chi connectivity index (χ3n) is 5.92. The number of hydrogen-bond acceptors (Lipinski definition) is 7. The number of fused-ring (bicyclic) bond motifs is 1. The summed E-state index contributed by atoms with van der Waals surface area (Å²) in [6.07, 6.45) is 0. The van der Waals surface area contributed by atoms with Gasteiger partial charge in [0.2, 0.25) is 5.78 Å². The van der Waals surface area contributed by atoms with Crippen LogP contribution in [0.15, 0.2) is 69.7 Å². The topological polar surface area (TPSA) is 89.2 Å². The van der Waals surface area contributed by atoms with Crippen LogP contribution in [0.5, 0.6) is 11.5 Å². The Morgan fingerprint density at radius 1 is 1.14 bits per heavy atom. The van der Waals surface area contributed by atoms with Crippen LogP contribution in [0.4, 0.5) is 5.69 Å². The summed E-state index contributed by atoms with van der Waals surface area (Å²) in [6, 6.07) is 12.7. The van der Waals surface area contributed by atoms with Crippen LogP contribution in [-0.2, 0) is 4.79 Å². The molecule has 1 unspecified atom stereocenters. The standard InChI is InChI=1S/C26H20ClNO6S/c1-13-7-8-35-25(13)21-20(23(30)26(31)28(21)16-5-4-6-17(12-16)32-2)22(29)18-10-14-9-15(27)11-19(33-3)24(14)34-18/h4-12,21,30H,1-3H3. The second kappa shape index (κ2) is 8.79. The van der Waals surface area contributed by atoms with Gasteiger partial charge in [-0.1, -0.05) is 17.7 Å². The van der Waals surface area contributed by atoms with E-state index in [0.29, 0.717) is 33.2 Å². The monoisotopic (exact) mass is 509 g/mol. The molecule has 178 valence electrons. The molecule has 0 aliphatic carbocycles. The molecule has 0 radical (unpaired) electrons. The number of anilines is 1. The molecule has 1 atom stereocenters. The van der Waals surface area contributed by atoms with Gasteiger partial charge in [0.15, 0.2) is 22.9 Å². The van der Waals surface area contributed by atoms with Gasteiger partial charge in [-0.25, -0.2) is 0 Å². The molecule has 2 aromatic heterocycles. The SMILES string of the molecule is COc1cccc(N2C(=O)C(O)=C(C(=O)c3cc4cc(Cl)cc(OC)c4o3)C2c2sccc2C)c1. The van der Waals surface area contributed by atoms with Crippen molar-refractivity contribution in [1.82, 2.24) is 0 Å². The largest absolute Gasteiger partial charge is 0.503 e. The number of methoxy groups -OCH3 is 2. The number of aliphatic hydroxyl groups excluding tert-OH is 1. The predicted octanol–water partition coefficient (Wildman–Crippen LogP) is 6.26. The summed E-state index contributed by atoms with van der Waals surface area (Å²) < 4.78 is 16.5. The second-order valence-electron chi connectivity index (χ2n) is 7.98. The maximum Gasteiger partial charge on any atom is 0.294 e. The Hall–Kier alpha value is -3.75. The Morgan fingerprint density at radius 2 is 1.94 bits per heavy atom. The zero-order valence-corrected chi connectivity index (χ0v) is 20.6. The second-order valence-corrected chi connectivity index (χ2v) is 9.36. The van der Waals surface area contributed by atoms with Crippen LogP contribution in [0.25, 0.3) is 11.0 Å². The molecule has 35 heavy (non-hydrogen) atoms. The number of carbonyl (C=O) groups excluding carboxylic acids is 2. The number of carbonyl (C=O) groups is 2. The summed E-state index contributed by atoms with van der Waals surface area (Å²) in [5.41, 5.74) is 1.66. The minimum absolute atomic E-state index is 0.0402. The number of hydrogen-bond donors (Lipinski definition) is 1. The van der Waals surface area contributed by atoms with Gasteiger partial charge in [0.25, 0.3) is 5.91 Å². The van der Waals surface area contributed by atoms with Gasteiger partial charge < -0.3 is 19.0 Å². The molecule has 1 aliphatic rings. The van der Waals surface area contributed by atoms with Crippen molar-refractivity contribution in [3.63, 3.8) is 0 Å². The van der Waals surface area contributed by atoms with Crippen molar-refractivity contribution >= 4 is 51.3 Å². The fourth-order valence-corrected chi connectivity index (χ4v) is 5.50. The van der Waals surface area contributed by atoms with Crippen molar-refractivity contribution in [3.8, 4) is 11.5 Å². The van der Waals surface area contributed by atoms with Crippen molar-refractivity contribution in [2.75, 3.05) is 19.1 Å². The number of nitrogens with zero attached hydrogens (tertiary/aromatic N) is 1. The number of Topliss-reactive ketones (excluding diaryl/α,β-unsaturated/α-hetero) is 1. The Labute approximate surface area is 209 Å². The molecule has 1 aliphatic heterocycles. The minimum Gasteiger partial charge on any atom is -0.503 e. The van der Waals surface area contributed by atoms with E-state index < -0.39 is 23.5 Å². The molecule has 4 aromatic rings. The van der Waals surface area contributed by atoms with E-state index in [1.165, 1.54) is 36.5 Å². The molecule has 0 spiro atoms. The summed E-state index contributed by atoms with van der Waals surface area (Å²) in [6.45, 7) is 1.89. The molecule has 1 amide bonds. The summed E-state index contributed by atoms with van der Waals surface area (Å²) in [7, 11) is 3.00. The molecule has 2 aromatic carbocycles. The van der Waals surface area contributed by atoms with Crippen LogP contribution in [0.3, 0.4) is 0 Å². The Bertz CT molecular complexity index is 1520. The van der Waals surface area contributed by atoms with E-state index in [9.17, 15) is 14.7 Å². The Balaban J connectivity index is 1.67. The molecule has 5 rings (SSSR count). The van der Waals surface area contributed by atoms with Crippen molar-refractivity contribution in [3.05, 3.63) is 86.5 Å². The van der Waals surface area contributed by atoms with Crippen LogP contribution >= 0.6 is 22.9 Å². The molecule has 9 heteroatoms. The van der Waals surface area contributed by atoms with E-state index in [1.54, 1.807) is 36.4 Å². The highest BCUT2D eigenvalue weighted by atomic mass is 35.5. The van der Waals surface area contributed by atoms with Crippen LogP contribution in [0.1, 0.15) is 27.0 Å². The quantitative estimate of drug-likeness (QED) is 0.309. The fourth-order valence-electron chi connectivity index (χ4n) is 4.26. The lowest BCUT2D eigenvalue weighted by molar-refractivity contribution is -0.117.